The van der Waals surface area contributed by atoms with Gasteiger partial charge in [0.15, 0.2) is 0 Å². The van der Waals surface area contributed by atoms with Crippen molar-refractivity contribution in [1.29, 1.82) is 0 Å². The molecule has 6 heteroatoms. The Bertz CT molecular complexity index is 721. The molecule has 2 aromatic carbocycles. The van der Waals surface area contributed by atoms with Gasteiger partial charge in [-0.15, -0.1) is 0 Å². The molecule has 2 aromatic rings. The SMILES string of the molecule is CCc1cccc([N+](=O)[O-])c1C(C)c1c(CC)cccc1[N+](=O)[O-]. The van der Waals surface area contributed by atoms with Gasteiger partial charge in [-0.25, -0.2) is 0 Å². The number of benzene rings is 2. The maximum absolute atomic E-state index is 11.5. The second-order valence-corrected chi connectivity index (χ2v) is 5.64. The lowest BCUT2D eigenvalue weighted by Crippen LogP contribution is -2.10. The maximum atomic E-state index is 11.5. The van der Waals surface area contributed by atoms with E-state index in [1.165, 1.54) is 12.1 Å². The summed E-state index contributed by atoms with van der Waals surface area (Å²) < 4.78 is 0. The van der Waals surface area contributed by atoms with Crippen LogP contribution in [0.15, 0.2) is 36.4 Å². The fourth-order valence-corrected chi connectivity index (χ4v) is 3.28. The number of nitro benzene ring substituents is 2. The van der Waals surface area contributed by atoms with Gasteiger partial charge in [0.1, 0.15) is 0 Å². The molecule has 0 aliphatic heterocycles. The molecule has 0 saturated carbocycles. The molecule has 0 radical (unpaired) electrons. The van der Waals surface area contributed by atoms with Gasteiger partial charge in [-0.2, -0.15) is 0 Å². The Balaban J connectivity index is 2.77. The summed E-state index contributed by atoms with van der Waals surface area (Å²) in [5, 5.41) is 22.9. The molecule has 0 saturated heterocycles. The predicted molar refractivity (Wildman–Crippen MR) is 92.5 cm³/mol. The molecule has 0 N–H and O–H groups in total. The molecule has 0 atom stereocenters. The van der Waals surface area contributed by atoms with Crippen molar-refractivity contribution >= 4 is 11.4 Å². The first kappa shape index (κ1) is 17.6. The van der Waals surface area contributed by atoms with E-state index in [0.717, 1.165) is 11.1 Å². The third-order valence-electron chi connectivity index (χ3n) is 4.37. The lowest BCUT2D eigenvalue weighted by Gasteiger charge is -2.19. The van der Waals surface area contributed by atoms with Crippen LogP contribution in [0.5, 0.6) is 0 Å². The molecule has 126 valence electrons. The van der Waals surface area contributed by atoms with E-state index in [4.69, 9.17) is 0 Å². The van der Waals surface area contributed by atoms with Gasteiger partial charge < -0.3 is 0 Å². The maximum Gasteiger partial charge on any atom is 0.273 e. The van der Waals surface area contributed by atoms with E-state index in [0.29, 0.717) is 24.0 Å². The molecule has 2 rings (SSSR count). The van der Waals surface area contributed by atoms with E-state index >= 15 is 0 Å². The Morgan fingerprint density at radius 2 is 1.21 bits per heavy atom. The Morgan fingerprint density at radius 1 is 0.833 bits per heavy atom. The number of rotatable bonds is 6. The number of hydrogen-bond donors (Lipinski definition) is 0. The minimum absolute atomic E-state index is 0.0158. The Labute approximate surface area is 140 Å². The van der Waals surface area contributed by atoms with Gasteiger partial charge >= 0.3 is 0 Å². The van der Waals surface area contributed by atoms with Gasteiger partial charge in [-0.05, 0) is 24.0 Å². The number of nitro groups is 2. The third kappa shape index (κ3) is 3.13. The zero-order valence-corrected chi connectivity index (χ0v) is 14.0. The molecule has 0 aromatic heterocycles. The van der Waals surface area contributed by atoms with Gasteiger partial charge in [0.05, 0.1) is 9.85 Å². The van der Waals surface area contributed by atoms with Crippen LogP contribution in [0, 0.1) is 20.2 Å². The first-order chi connectivity index (χ1) is 11.4. The van der Waals surface area contributed by atoms with E-state index in [1.54, 1.807) is 12.1 Å². The van der Waals surface area contributed by atoms with E-state index in [-0.39, 0.29) is 11.4 Å². The summed E-state index contributed by atoms with van der Waals surface area (Å²) in [6, 6.07) is 9.94. The standard InChI is InChI=1S/C18H20N2O4/c1-4-13-8-6-10-15(19(21)22)17(13)12(3)18-14(5-2)9-7-11-16(18)20(23)24/h6-12H,4-5H2,1-3H3. The summed E-state index contributed by atoms with van der Waals surface area (Å²) in [6.45, 7) is 5.66. The van der Waals surface area contributed by atoms with E-state index in [2.05, 4.69) is 0 Å². The highest BCUT2D eigenvalue weighted by atomic mass is 16.6. The zero-order valence-electron chi connectivity index (χ0n) is 14.0. The topological polar surface area (TPSA) is 86.3 Å². The van der Waals surface area contributed by atoms with Crippen molar-refractivity contribution in [1.82, 2.24) is 0 Å². The average Bonchev–Trinajstić information content (AvgIpc) is 2.59. The number of aryl methyl sites for hydroxylation is 2. The highest BCUT2D eigenvalue weighted by Gasteiger charge is 2.29. The molecule has 24 heavy (non-hydrogen) atoms. The van der Waals surface area contributed by atoms with E-state index in [1.807, 2.05) is 32.9 Å². The highest BCUT2D eigenvalue weighted by Crippen LogP contribution is 2.40. The summed E-state index contributed by atoms with van der Waals surface area (Å²) in [4.78, 5) is 22.1. The molecule has 0 heterocycles. The van der Waals surface area contributed by atoms with Gasteiger partial charge in [-0.3, -0.25) is 20.2 Å². The second-order valence-electron chi connectivity index (χ2n) is 5.64. The lowest BCUT2D eigenvalue weighted by molar-refractivity contribution is -0.386. The monoisotopic (exact) mass is 328 g/mol. The molecule has 0 unspecified atom stereocenters. The fraction of sp³-hybridized carbons (Fsp3) is 0.333. The number of nitrogens with zero attached hydrogens (tertiary/aromatic N) is 2. The molecule has 0 spiro atoms. The molecule has 0 aliphatic rings. The first-order valence-electron chi connectivity index (χ1n) is 7.94. The zero-order chi connectivity index (χ0) is 17.9. The van der Waals surface area contributed by atoms with Crippen LogP contribution in [0.1, 0.15) is 48.9 Å². The molecule has 0 amide bonds. The summed E-state index contributed by atoms with van der Waals surface area (Å²) in [5.41, 5.74) is 2.85. The largest absolute Gasteiger partial charge is 0.273 e. The van der Waals surface area contributed by atoms with Crippen molar-refractivity contribution < 1.29 is 9.85 Å². The van der Waals surface area contributed by atoms with Crippen LogP contribution in [0.3, 0.4) is 0 Å². The third-order valence-corrected chi connectivity index (χ3v) is 4.37. The minimum atomic E-state index is -0.432. The molecule has 6 nitrogen and oxygen atoms in total. The number of hydrogen-bond acceptors (Lipinski definition) is 4. The normalized spacial score (nSPS) is 10.8. The van der Waals surface area contributed by atoms with Crippen LogP contribution >= 0.6 is 0 Å². The summed E-state index contributed by atoms with van der Waals surface area (Å²) in [6.07, 6.45) is 1.26. The van der Waals surface area contributed by atoms with Crippen molar-refractivity contribution in [3.63, 3.8) is 0 Å². The van der Waals surface area contributed by atoms with Crippen LogP contribution in [0.2, 0.25) is 0 Å². The van der Waals surface area contributed by atoms with Crippen LogP contribution < -0.4 is 0 Å². The van der Waals surface area contributed by atoms with Crippen molar-refractivity contribution in [2.45, 2.75) is 39.5 Å². The minimum Gasteiger partial charge on any atom is -0.258 e. The van der Waals surface area contributed by atoms with Crippen molar-refractivity contribution in [3.05, 3.63) is 78.9 Å². The summed E-state index contributed by atoms with van der Waals surface area (Å²) >= 11 is 0. The van der Waals surface area contributed by atoms with Crippen LogP contribution in [-0.2, 0) is 12.8 Å². The molecule has 0 fully saturated rings. The Morgan fingerprint density at radius 3 is 1.50 bits per heavy atom. The van der Waals surface area contributed by atoms with Crippen molar-refractivity contribution in [3.8, 4) is 0 Å². The van der Waals surface area contributed by atoms with Crippen molar-refractivity contribution in [2.75, 3.05) is 0 Å². The van der Waals surface area contributed by atoms with Gasteiger partial charge in [0, 0.05) is 29.2 Å². The first-order valence-corrected chi connectivity index (χ1v) is 7.94. The lowest BCUT2D eigenvalue weighted by atomic mass is 9.83. The summed E-state index contributed by atoms with van der Waals surface area (Å²) in [7, 11) is 0. The molecular weight excluding hydrogens is 308 g/mol. The Kier molecular flexibility index (Phi) is 5.28. The van der Waals surface area contributed by atoms with Crippen LogP contribution in [0.25, 0.3) is 0 Å². The smallest absolute Gasteiger partial charge is 0.258 e. The Hall–Kier alpha value is -2.76. The van der Waals surface area contributed by atoms with Gasteiger partial charge in [-0.1, -0.05) is 45.0 Å². The summed E-state index contributed by atoms with van der Waals surface area (Å²) in [5.74, 6) is -0.432. The average molecular weight is 328 g/mol. The van der Waals surface area contributed by atoms with Gasteiger partial charge in [0.2, 0.25) is 0 Å². The quantitative estimate of drug-likeness (QED) is 0.564. The fourth-order valence-electron chi connectivity index (χ4n) is 3.28. The molecule has 0 aliphatic carbocycles. The van der Waals surface area contributed by atoms with Crippen LogP contribution in [0.4, 0.5) is 11.4 Å². The molecule has 0 bridgehead atoms. The van der Waals surface area contributed by atoms with Crippen LogP contribution in [-0.4, -0.2) is 9.85 Å². The van der Waals surface area contributed by atoms with Crippen molar-refractivity contribution in [2.24, 2.45) is 0 Å². The van der Waals surface area contributed by atoms with E-state index in [9.17, 15) is 20.2 Å². The second kappa shape index (κ2) is 7.21. The molecular formula is C18H20N2O4. The predicted octanol–water partition coefficient (Wildman–Crippen LogP) is 4.78. The van der Waals surface area contributed by atoms with E-state index < -0.39 is 15.8 Å². The highest BCUT2D eigenvalue weighted by molar-refractivity contribution is 5.57. The van der Waals surface area contributed by atoms with Gasteiger partial charge in [0.25, 0.3) is 11.4 Å².